The maximum Gasteiger partial charge on any atom is 0.234 e. The number of aliphatic hydroxyl groups excluding tert-OH is 1. The minimum absolute atomic E-state index is 0.0316. The van der Waals surface area contributed by atoms with Gasteiger partial charge in [0.2, 0.25) is 5.91 Å². The molecular formula is C15H22N2O2. The number of nitrogens with zero attached hydrogens (tertiary/aromatic N) is 1. The number of hydrogen-bond acceptors (Lipinski definition) is 3. The Labute approximate surface area is 114 Å². The first-order valence-electron chi connectivity index (χ1n) is 6.90. The van der Waals surface area contributed by atoms with Crippen LogP contribution in [0.5, 0.6) is 0 Å². The molecule has 1 heterocycles. The van der Waals surface area contributed by atoms with Crippen molar-refractivity contribution >= 4 is 5.91 Å². The second-order valence-corrected chi connectivity index (χ2v) is 5.21. The molecule has 1 saturated heterocycles. The fourth-order valence-electron chi connectivity index (χ4n) is 2.39. The summed E-state index contributed by atoms with van der Waals surface area (Å²) in [6, 6.07) is 9.99. The summed E-state index contributed by atoms with van der Waals surface area (Å²) < 4.78 is 0. The van der Waals surface area contributed by atoms with Crippen molar-refractivity contribution in [1.82, 2.24) is 10.2 Å². The molecule has 1 aromatic carbocycles. The molecule has 1 aliphatic rings. The van der Waals surface area contributed by atoms with Gasteiger partial charge in [0, 0.05) is 13.1 Å². The third-order valence-electron chi connectivity index (χ3n) is 3.60. The van der Waals surface area contributed by atoms with Gasteiger partial charge in [0.15, 0.2) is 0 Å². The molecule has 0 saturated carbocycles. The maximum atomic E-state index is 12.0. The fraction of sp³-hybridized carbons (Fsp3) is 0.533. The lowest BCUT2D eigenvalue weighted by Crippen LogP contribution is -2.43. The zero-order valence-corrected chi connectivity index (χ0v) is 11.4. The van der Waals surface area contributed by atoms with E-state index in [0.29, 0.717) is 6.54 Å². The van der Waals surface area contributed by atoms with Gasteiger partial charge in [0.25, 0.3) is 0 Å². The summed E-state index contributed by atoms with van der Waals surface area (Å²) in [5.74, 6) is 0.0488. The minimum Gasteiger partial charge on any atom is -0.393 e. The molecule has 2 N–H and O–H groups in total. The predicted octanol–water partition coefficient (Wildman–Crippen LogP) is 1.32. The van der Waals surface area contributed by atoms with E-state index in [1.54, 1.807) is 0 Å². The van der Waals surface area contributed by atoms with Gasteiger partial charge < -0.3 is 10.4 Å². The molecule has 1 aliphatic heterocycles. The van der Waals surface area contributed by atoms with Crippen molar-refractivity contribution in [3.8, 4) is 0 Å². The van der Waals surface area contributed by atoms with Crippen LogP contribution in [0.3, 0.4) is 0 Å². The van der Waals surface area contributed by atoms with E-state index in [1.165, 1.54) is 0 Å². The monoisotopic (exact) mass is 262 g/mol. The van der Waals surface area contributed by atoms with Crippen LogP contribution in [0.4, 0.5) is 0 Å². The molecule has 1 fully saturated rings. The quantitative estimate of drug-likeness (QED) is 0.860. The van der Waals surface area contributed by atoms with Crippen molar-refractivity contribution in [2.75, 3.05) is 19.6 Å². The molecule has 104 valence electrons. The molecule has 1 amide bonds. The zero-order chi connectivity index (χ0) is 13.7. The van der Waals surface area contributed by atoms with Gasteiger partial charge in [-0.2, -0.15) is 0 Å². The average molecular weight is 262 g/mol. The molecule has 0 spiro atoms. The number of hydrogen-bond donors (Lipinski definition) is 2. The summed E-state index contributed by atoms with van der Waals surface area (Å²) in [5, 5.41) is 12.4. The predicted molar refractivity (Wildman–Crippen MR) is 74.7 cm³/mol. The molecule has 0 aromatic heterocycles. The summed E-state index contributed by atoms with van der Waals surface area (Å²) in [5.41, 5.74) is 1.12. The summed E-state index contributed by atoms with van der Waals surface area (Å²) >= 11 is 0. The molecule has 0 aliphatic carbocycles. The first kappa shape index (κ1) is 14.0. The molecule has 4 nitrogen and oxygen atoms in total. The second kappa shape index (κ2) is 6.68. The minimum atomic E-state index is -0.192. The fourth-order valence-corrected chi connectivity index (χ4v) is 2.39. The van der Waals surface area contributed by atoms with Crippen molar-refractivity contribution in [2.45, 2.75) is 31.9 Å². The van der Waals surface area contributed by atoms with E-state index in [0.717, 1.165) is 31.5 Å². The first-order valence-corrected chi connectivity index (χ1v) is 6.90. The normalized spacial score (nSPS) is 19.1. The lowest BCUT2D eigenvalue weighted by molar-refractivity contribution is -0.123. The van der Waals surface area contributed by atoms with Crippen molar-refractivity contribution in [3.05, 3.63) is 35.9 Å². The highest BCUT2D eigenvalue weighted by Gasteiger charge is 2.19. The van der Waals surface area contributed by atoms with E-state index in [9.17, 15) is 9.90 Å². The SMILES string of the molecule is C[C@H](NC(=O)CN1CCC(O)CC1)c1ccccc1. The van der Waals surface area contributed by atoms with Crippen LogP contribution in [-0.4, -0.2) is 41.7 Å². The molecule has 19 heavy (non-hydrogen) atoms. The topological polar surface area (TPSA) is 52.6 Å². The largest absolute Gasteiger partial charge is 0.393 e. The lowest BCUT2D eigenvalue weighted by Gasteiger charge is -2.29. The Kier molecular flexibility index (Phi) is 4.93. The number of benzene rings is 1. The van der Waals surface area contributed by atoms with Crippen LogP contribution in [0.1, 0.15) is 31.4 Å². The van der Waals surface area contributed by atoms with Crippen molar-refractivity contribution in [1.29, 1.82) is 0 Å². The van der Waals surface area contributed by atoms with Crippen LogP contribution in [0.25, 0.3) is 0 Å². The highest BCUT2D eigenvalue weighted by atomic mass is 16.3. The van der Waals surface area contributed by atoms with Gasteiger partial charge in [0.1, 0.15) is 0 Å². The van der Waals surface area contributed by atoms with Crippen LogP contribution in [0.15, 0.2) is 30.3 Å². The van der Waals surface area contributed by atoms with Crippen LogP contribution < -0.4 is 5.32 Å². The van der Waals surface area contributed by atoms with E-state index >= 15 is 0 Å². The van der Waals surface area contributed by atoms with Gasteiger partial charge in [-0.15, -0.1) is 0 Å². The van der Waals surface area contributed by atoms with Gasteiger partial charge in [-0.1, -0.05) is 30.3 Å². The second-order valence-electron chi connectivity index (χ2n) is 5.21. The number of nitrogens with one attached hydrogen (secondary N) is 1. The van der Waals surface area contributed by atoms with Gasteiger partial charge >= 0.3 is 0 Å². The highest BCUT2D eigenvalue weighted by Crippen LogP contribution is 2.12. The number of carbonyl (C=O) groups is 1. The van der Waals surface area contributed by atoms with Gasteiger partial charge in [-0.05, 0) is 25.3 Å². The smallest absolute Gasteiger partial charge is 0.234 e. The number of carbonyl (C=O) groups excluding carboxylic acids is 1. The van der Waals surface area contributed by atoms with Gasteiger partial charge in [-0.3, -0.25) is 9.69 Å². The number of piperidine rings is 1. The Morgan fingerprint density at radius 1 is 1.37 bits per heavy atom. The first-order chi connectivity index (χ1) is 9.15. The van der Waals surface area contributed by atoms with E-state index in [4.69, 9.17) is 0 Å². The van der Waals surface area contributed by atoms with Gasteiger partial charge in [-0.25, -0.2) is 0 Å². The third-order valence-corrected chi connectivity index (χ3v) is 3.60. The molecule has 0 unspecified atom stereocenters. The molecule has 1 aromatic rings. The highest BCUT2D eigenvalue weighted by molar-refractivity contribution is 5.78. The Morgan fingerprint density at radius 3 is 2.63 bits per heavy atom. The van der Waals surface area contributed by atoms with Gasteiger partial charge in [0.05, 0.1) is 18.7 Å². The van der Waals surface area contributed by atoms with E-state index in [-0.39, 0.29) is 18.1 Å². The van der Waals surface area contributed by atoms with Crippen molar-refractivity contribution < 1.29 is 9.90 Å². The molecule has 4 heteroatoms. The third kappa shape index (κ3) is 4.33. The van der Waals surface area contributed by atoms with E-state index in [1.807, 2.05) is 37.3 Å². The summed E-state index contributed by atoms with van der Waals surface area (Å²) in [4.78, 5) is 14.1. The molecule has 1 atom stereocenters. The molecule has 0 bridgehead atoms. The number of rotatable bonds is 4. The Bertz CT molecular complexity index is 400. The van der Waals surface area contributed by atoms with E-state index in [2.05, 4.69) is 10.2 Å². The standard InChI is InChI=1S/C15H22N2O2/c1-12(13-5-3-2-4-6-13)16-15(19)11-17-9-7-14(18)8-10-17/h2-6,12,14,18H,7-11H2,1H3,(H,16,19)/t12-/m0/s1. The van der Waals surface area contributed by atoms with Crippen LogP contribution in [0.2, 0.25) is 0 Å². The number of likely N-dealkylation sites (tertiary alicyclic amines) is 1. The average Bonchev–Trinajstić information content (AvgIpc) is 2.42. The molecular weight excluding hydrogens is 240 g/mol. The van der Waals surface area contributed by atoms with Crippen molar-refractivity contribution in [3.63, 3.8) is 0 Å². The van der Waals surface area contributed by atoms with Crippen LogP contribution in [-0.2, 0) is 4.79 Å². The molecule has 2 rings (SSSR count). The maximum absolute atomic E-state index is 12.0. The summed E-state index contributed by atoms with van der Waals surface area (Å²) in [6.45, 7) is 4.01. The summed E-state index contributed by atoms with van der Waals surface area (Å²) in [6.07, 6.45) is 1.34. The number of aliphatic hydroxyl groups is 1. The summed E-state index contributed by atoms with van der Waals surface area (Å²) in [7, 11) is 0. The van der Waals surface area contributed by atoms with E-state index < -0.39 is 0 Å². The number of amides is 1. The lowest BCUT2D eigenvalue weighted by atomic mass is 10.1. The Morgan fingerprint density at radius 2 is 2.00 bits per heavy atom. The molecule has 0 radical (unpaired) electrons. The Hall–Kier alpha value is -1.39. The Balaban J connectivity index is 1.78. The van der Waals surface area contributed by atoms with Crippen LogP contribution >= 0.6 is 0 Å². The zero-order valence-electron chi connectivity index (χ0n) is 11.4. The van der Waals surface area contributed by atoms with Crippen LogP contribution in [0, 0.1) is 0 Å². The van der Waals surface area contributed by atoms with Crippen molar-refractivity contribution in [2.24, 2.45) is 0 Å².